The van der Waals surface area contributed by atoms with Gasteiger partial charge in [-0.2, -0.15) is 5.10 Å². The molecule has 0 unspecified atom stereocenters. The van der Waals surface area contributed by atoms with Crippen molar-refractivity contribution in [2.24, 2.45) is 5.10 Å². The summed E-state index contributed by atoms with van der Waals surface area (Å²) in [5, 5.41) is 4.05. The number of nitrogens with zero attached hydrogens (tertiary/aromatic N) is 2. The molecule has 160 valence electrons. The van der Waals surface area contributed by atoms with Crippen LogP contribution in [0.15, 0.2) is 70.5 Å². The molecule has 0 saturated heterocycles. The summed E-state index contributed by atoms with van der Waals surface area (Å²) < 4.78 is 12.6. The molecule has 0 spiro atoms. The van der Waals surface area contributed by atoms with E-state index in [0.29, 0.717) is 24.5 Å². The first kappa shape index (κ1) is 22.5. The SMILES string of the molecule is CCc1cc(C)cc(OCCOc2ccc(Br)cc2/C=N\NC(=O)c2ccncc2)c1. The third-order valence-corrected chi connectivity index (χ3v) is 4.91. The van der Waals surface area contributed by atoms with E-state index in [1.807, 2.05) is 24.3 Å². The van der Waals surface area contributed by atoms with Crippen LogP contribution in [0.1, 0.15) is 34.0 Å². The number of pyridine rings is 1. The van der Waals surface area contributed by atoms with E-state index in [1.54, 1.807) is 30.7 Å². The highest BCUT2D eigenvalue weighted by Gasteiger charge is 2.06. The lowest BCUT2D eigenvalue weighted by atomic mass is 10.1. The molecule has 6 nitrogen and oxygen atoms in total. The predicted molar refractivity (Wildman–Crippen MR) is 125 cm³/mol. The van der Waals surface area contributed by atoms with Crippen molar-refractivity contribution in [1.82, 2.24) is 10.4 Å². The normalized spacial score (nSPS) is 10.8. The van der Waals surface area contributed by atoms with Gasteiger partial charge in [0.25, 0.3) is 5.91 Å². The fourth-order valence-corrected chi connectivity index (χ4v) is 3.28. The third kappa shape index (κ3) is 6.93. The zero-order chi connectivity index (χ0) is 22.1. The van der Waals surface area contributed by atoms with Crippen molar-refractivity contribution in [1.29, 1.82) is 0 Å². The smallest absolute Gasteiger partial charge is 0.271 e. The van der Waals surface area contributed by atoms with Crippen molar-refractivity contribution in [2.75, 3.05) is 13.2 Å². The van der Waals surface area contributed by atoms with Gasteiger partial charge in [0.15, 0.2) is 0 Å². The Labute approximate surface area is 190 Å². The number of carbonyl (C=O) groups excluding carboxylic acids is 1. The largest absolute Gasteiger partial charge is 0.490 e. The molecule has 0 fully saturated rings. The van der Waals surface area contributed by atoms with Crippen LogP contribution in [0.4, 0.5) is 0 Å². The number of aryl methyl sites for hydroxylation is 2. The number of aromatic nitrogens is 1. The number of rotatable bonds is 9. The molecule has 2 aromatic carbocycles. The quantitative estimate of drug-likeness (QED) is 0.267. The van der Waals surface area contributed by atoms with Crippen molar-refractivity contribution >= 4 is 28.1 Å². The van der Waals surface area contributed by atoms with Crippen molar-refractivity contribution < 1.29 is 14.3 Å². The van der Waals surface area contributed by atoms with Crippen LogP contribution < -0.4 is 14.9 Å². The Bertz CT molecular complexity index is 1060. The Kier molecular flexibility index (Phi) is 8.18. The van der Waals surface area contributed by atoms with Gasteiger partial charge in [-0.3, -0.25) is 9.78 Å². The van der Waals surface area contributed by atoms with Gasteiger partial charge in [0.1, 0.15) is 24.7 Å². The lowest BCUT2D eigenvalue weighted by Crippen LogP contribution is -2.17. The van der Waals surface area contributed by atoms with Crippen LogP contribution in [-0.2, 0) is 6.42 Å². The molecule has 1 heterocycles. The summed E-state index contributed by atoms with van der Waals surface area (Å²) in [5.41, 5.74) is 6.14. The van der Waals surface area contributed by atoms with Gasteiger partial charge in [0.05, 0.1) is 6.21 Å². The molecule has 1 aromatic heterocycles. The van der Waals surface area contributed by atoms with Crippen molar-refractivity contribution in [2.45, 2.75) is 20.3 Å². The first-order valence-electron chi connectivity index (χ1n) is 9.94. The molecule has 0 saturated carbocycles. The van der Waals surface area contributed by atoms with Gasteiger partial charge in [0, 0.05) is 28.0 Å². The van der Waals surface area contributed by atoms with Crippen molar-refractivity contribution in [3.8, 4) is 11.5 Å². The maximum atomic E-state index is 12.1. The molecule has 0 aliphatic rings. The number of hydrogen-bond acceptors (Lipinski definition) is 5. The van der Waals surface area contributed by atoms with Crippen LogP contribution in [0.3, 0.4) is 0 Å². The van der Waals surface area contributed by atoms with E-state index < -0.39 is 0 Å². The molecule has 0 aliphatic carbocycles. The van der Waals surface area contributed by atoms with Crippen LogP contribution >= 0.6 is 15.9 Å². The van der Waals surface area contributed by atoms with Gasteiger partial charge in [0.2, 0.25) is 0 Å². The minimum Gasteiger partial charge on any atom is -0.490 e. The molecule has 1 amide bonds. The molecule has 0 atom stereocenters. The zero-order valence-electron chi connectivity index (χ0n) is 17.5. The average molecular weight is 482 g/mol. The second-order valence-electron chi connectivity index (χ2n) is 6.82. The Morgan fingerprint density at radius 1 is 1.10 bits per heavy atom. The number of benzene rings is 2. The molecular weight excluding hydrogens is 458 g/mol. The molecule has 0 radical (unpaired) electrons. The number of hydrazone groups is 1. The number of amides is 1. The summed E-state index contributed by atoms with van der Waals surface area (Å²) >= 11 is 3.45. The predicted octanol–water partition coefficient (Wildman–Crippen LogP) is 4.94. The summed E-state index contributed by atoms with van der Waals surface area (Å²) in [6.45, 7) is 4.97. The number of halogens is 1. The molecular formula is C24H24BrN3O3. The van der Waals surface area contributed by atoms with Crippen LogP contribution in [-0.4, -0.2) is 30.3 Å². The number of ether oxygens (including phenoxy) is 2. The Morgan fingerprint density at radius 3 is 2.65 bits per heavy atom. The molecule has 3 rings (SSSR count). The van der Waals surface area contributed by atoms with Gasteiger partial charge in [-0.15, -0.1) is 0 Å². The van der Waals surface area contributed by atoms with Gasteiger partial charge in [-0.05, 0) is 66.9 Å². The van der Waals surface area contributed by atoms with E-state index in [-0.39, 0.29) is 5.91 Å². The van der Waals surface area contributed by atoms with Gasteiger partial charge in [-0.1, -0.05) is 28.9 Å². The van der Waals surface area contributed by atoms with E-state index in [1.165, 1.54) is 11.1 Å². The highest BCUT2D eigenvalue weighted by atomic mass is 79.9. The summed E-state index contributed by atoms with van der Waals surface area (Å²) in [6.07, 6.45) is 5.63. The third-order valence-electron chi connectivity index (χ3n) is 4.41. The van der Waals surface area contributed by atoms with E-state index in [0.717, 1.165) is 22.2 Å². The Hall–Kier alpha value is -3.19. The highest BCUT2D eigenvalue weighted by molar-refractivity contribution is 9.10. The second-order valence-corrected chi connectivity index (χ2v) is 7.74. The summed E-state index contributed by atoms with van der Waals surface area (Å²) in [4.78, 5) is 16.0. The van der Waals surface area contributed by atoms with Crippen LogP contribution in [0.2, 0.25) is 0 Å². The van der Waals surface area contributed by atoms with Crippen LogP contribution in [0, 0.1) is 6.92 Å². The number of nitrogens with one attached hydrogen (secondary N) is 1. The van der Waals surface area contributed by atoms with E-state index in [4.69, 9.17) is 9.47 Å². The topological polar surface area (TPSA) is 72.8 Å². The summed E-state index contributed by atoms with van der Waals surface area (Å²) in [7, 11) is 0. The Balaban J connectivity index is 1.57. The van der Waals surface area contributed by atoms with Crippen molar-refractivity contribution in [3.63, 3.8) is 0 Å². The van der Waals surface area contributed by atoms with Gasteiger partial charge in [-0.25, -0.2) is 5.43 Å². The lowest BCUT2D eigenvalue weighted by Gasteiger charge is -2.12. The molecule has 31 heavy (non-hydrogen) atoms. The molecule has 3 aromatic rings. The maximum absolute atomic E-state index is 12.1. The summed E-state index contributed by atoms with van der Waals surface area (Å²) in [5.74, 6) is 1.18. The monoisotopic (exact) mass is 481 g/mol. The number of carbonyl (C=O) groups is 1. The van der Waals surface area contributed by atoms with Gasteiger partial charge < -0.3 is 9.47 Å². The average Bonchev–Trinajstić information content (AvgIpc) is 2.78. The fraction of sp³-hybridized carbons (Fsp3) is 0.208. The van der Waals surface area contributed by atoms with Gasteiger partial charge >= 0.3 is 0 Å². The summed E-state index contributed by atoms with van der Waals surface area (Å²) in [6, 6.07) is 15.1. The highest BCUT2D eigenvalue weighted by Crippen LogP contribution is 2.22. The molecule has 0 bridgehead atoms. The lowest BCUT2D eigenvalue weighted by molar-refractivity contribution is 0.0955. The molecule has 7 heteroatoms. The van der Waals surface area contributed by atoms with Crippen LogP contribution in [0.25, 0.3) is 0 Å². The minimum absolute atomic E-state index is 0.311. The van der Waals surface area contributed by atoms with Crippen molar-refractivity contribution in [3.05, 3.63) is 87.7 Å². The van der Waals surface area contributed by atoms with Crippen LogP contribution in [0.5, 0.6) is 11.5 Å². The Morgan fingerprint density at radius 2 is 1.87 bits per heavy atom. The van der Waals surface area contributed by atoms with E-state index in [9.17, 15) is 4.79 Å². The first-order chi connectivity index (χ1) is 15.0. The minimum atomic E-state index is -0.311. The number of hydrogen-bond donors (Lipinski definition) is 1. The van der Waals surface area contributed by atoms with E-state index in [2.05, 4.69) is 57.4 Å². The maximum Gasteiger partial charge on any atom is 0.271 e. The zero-order valence-corrected chi connectivity index (χ0v) is 19.1. The molecule has 0 aliphatic heterocycles. The second kappa shape index (κ2) is 11.3. The first-order valence-corrected chi connectivity index (χ1v) is 10.7. The van der Waals surface area contributed by atoms with E-state index >= 15 is 0 Å². The molecule has 1 N–H and O–H groups in total. The standard InChI is InChI=1S/C24H24BrN3O3/c1-3-18-12-17(2)13-22(14-18)30-10-11-31-23-5-4-21(25)15-20(23)16-27-28-24(29)19-6-8-26-9-7-19/h4-9,12-16H,3,10-11H2,1-2H3,(H,28,29)/b27-16-. The fourth-order valence-electron chi connectivity index (χ4n) is 2.90.